The molecule has 1 aromatic carbocycles. The summed E-state index contributed by atoms with van der Waals surface area (Å²) in [6.07, 6.45) is 1.99. The summed E-state index contributed by atoms with van der Waals surface area (Å²) >= 11 is 0. The van der Waals surface area contributed by atoms with Gasteiger partial charge in [-0.1, -0.05) is 18.7 Å². The zero-order valence-electron chi connectivity index (χ0n) is 17.0. The van der Waals surface area contributed by atoms with Gasteiger partial charge in [0.25, 0.3) is 0 Å². The normalized spacial score (nSPS) is 12.8. The number of aliphatic imine (C=N–C) groups is 1. The van der Waals surface area contributed by atoms with E-state index in [-0.39, 0.29) is 0 Å². The molecule has 1 aromatic heterocycles. The van der Waals surface area contributed by atoms with Crippen LogP contribution < -0.4 is 32.1 Å². The molecule has 0 atom stereocenters. The van der Waals surface area contributed by atoms with Gasteiger partial charge in [0, 0.05) is 31.5 Å². The molecule has 5 N–H and O–H groups in total. The summed E-state index contributed by atoms with van der Waals surface area (Å²) in [5.41, 5.74) is 13.7. The predicted molar refractivity (Wildman–Crippen MR) is 114 cm³/mol. The Balaban J connectivity index is 2.46. The summed E-state index contributed by atoms with van der Waals surface area (Å²) in [6, 6.07) is 7.98. The molecule has 0 saturated carbocycles. The van der Waals surface area contributed by atoms with E-state index in [1.807, 2.05) is 37.4 Å². The zero-order valence-corrected chi connectivity index (χ0v) is 17.0. The Labute approximate surface area is 166 Å². The first-order valence-corrected chi connectivity index (χ1v) is 9.36. The number of hydrogen-bond acceptors (Lipinski definition) is 5. The number of nitrogens with two attached hydrogens (primary N) is 2. The van der Waals surface area contributed by atoms with Crippen molar-refractivity contribution in [3.63, 3.8) is 0 Å². The molecule has 0 bridgehead atoms. The molecule has 0 aliphatic carbocycles. The molecular formula is C21H31N5O2. The largest absolute Gasteiger partial charge is 0.496 e. The van der Waals surface area contributed by atoms with Crippen molar-refractivity contribution in [2.45, 2.75) is 26.9 Å². The molecule has 0 fully saturated rings. The molecule has 0 unspecified atom stereocenters. The number of hydrogen-bond donors (Lipinski definition) is 3. The molecule has 28 heavy (non-hydrogen) atoms. The number of benzene rings is 1. The average Bonchev–Trinajstić information content (AvgIpc) is 3.04. The molecule has 2 aromatic rings. The highest BCUT2D eigenvalue weighted by molar-refractivity contribution is 5.81. The van der Waals surface area contributed by atoms with E-state index in [4.69, 9.17) is 20.9 Å². The van der Waals surface area contributed by atoms with E-state index in [2.05, 4.69) is 21.5 Å². The lowest BCUT2D eigenvalue weighted by molar-refractivity contribution is 0.152. The number of nitrogens with zero attached hydrogens (tertiary/aromatic N) is 2. The molecule has 1 heterocycles. The highest BCUT2D eigenvalue weighted by atomic mass is 16.5. The minimum absolute atomic E-state index is 0.468. The molecule has 2 rings (SSSR count). The van der Waals surface area contributed by atoms with Gasteiger partial charge in [-0.05, 0) is 36.8 Å². The number of methoxy groups -OCH3 is 1. The van der Waals surface area contributed by atoms with E-state index >= 15 is 0 Å². The fraction of sp³-hybridized carbons (Fsp3) is 0.381. The van der Waals surface area contributed by atoms with Gasteiger partial charge in [0.1, 0.15) is 5.75 Å². The molecular weight excluding hydrogens is 354 g/mol. The monoisotopic (exact) mass is 385 g/mol. The SMILES string of the molecule is C=c1ccn(Cc2ccc(CN)cc2OC)/c1=C(/N=C(\C)N)NCCOCC. The van der Waals surface area contributed by atoms with Crippen LogP contribution in [0.1, 0.15) is 25.0 Å². The van der Waals surface area contributed by atoms with Crippen LogP contribution in [-0.4, -0.2) is 37.3 Å². The van der Waals surface area contributed by atoms with Crippen LogP contribution in [-0.2, 0) is 17.8 Å². The van der Waals surface area contributed by atoms with Crippen LogP contribution in [0.25, 0.3) is 12.4 Å². The van der Waals surface area contributed by atoms with Crippen LogP contribution in [0.5, 0.6) is 5.75 Å². The number of rotatable bonds is 10. The highest BCUT2D eigenvalue weighted by Crippen LogP contribution is 2.20. The molecule has 7 nitrogen and oxygen atoms in total. The number of ether oxygens (including phenoxy) is 2. The maximum absolute atomic E-state index is 5.86. The Morgan fingerprint density at radius 1 is 1.32 bits per heavy atom. The van der Waals surface area contributed by atoms with Gasteiger partial charge in [0.2, 0.25) is 0 Å². The summed E-state index contributed by atoms with van der Waals surface area (Å²) in [5.74, 6) is 1.95. The third-order valence-corrected chi connectivity index (χ3v) is 4.23. The predicted octanol–water partition coefficient (Wildman–Crippen LogP) is 0.483. The van der Waals surface area contributed by atoms with Crippen molar-refractivity contribution < 1.29 is 9.47 Å². The number of nitrogens with one attached hydrogen (secondary N) is 1. The van der Waals surface area contributed by atoms with Gasteiger partial charge in [0.15, 0.2) is 5.82 Å². The van der Waals surface area contributed by atoms with Gasteiger partial charge in [-0.15, -0.1) is 0 Å². The summed E-state index contributed by atoms with van der Waals surface area (Å²) in [6.45, 7) is 10.8. The number of amidine groups is 1. The van der Waals surface area contributed by atoms with Gasteiger partial charge >= 0.3 is 0 Å². The quantitative estimate of drug-likeness (QED) is 0.314. The third kappa shape index (κ3) is 5.61. The molecule has 0 aliphatic heterocycles. The molecule has 0 amide bonds. The lowest BCUT2D eigenvalue weighted by atomic mass is 10.1. The Kier molecular flexibility index (Phi) is 8.10. The van der Waals surface area contributed by atoms with Gasteiger partial charge in [0.05, 0.1) is 31.4 Å². The third-order valence-electron chi connectivity index (χ3n) is 4.23. The first-order chi connectivity index (χ1) is 13.5. The fourth-order valence-corrected chi connectivity index (χ4v) is 2.91. The van der Waals surface area contributed by atoms with Crippen molar-refractivity contribution in [2.75, 3.05) is 26.9 Å². The molecule has 0 aliphatic rings. The van der Waals surface area contributed by atoms with Crippen LogP contribution in [0.15, 0.2) is 35.5 Å². The zero-order chi connectivity index (χ0) is 20.5. The standard InChI is InChI=1S/C21H31N5O2/c1-5-28-11-9-24-21(25-16(3)23)20-15(2)8-10-26(20)14-18-7-6-17(13-22)12-19(18)27-4/h6-8,10,12,24H,2,5,9,11,13-14,22H2,1,3-4H3,(H2,23,25)/b21-20+. The van der Waals surface area contributed by atoms with Crippen LogP contribution in [0.2, 0.25) is 0 Å². The fourth-order valence-electron chi connectivity index (χ4n) is 2.91. The van der Waals surface area contributed by atoms with E-state index in [0.29, 0.717) is 44.5 Å². The minimum atomic E-state index is 0.468. The van der Waals surface area contributed by atoms with Gasteiger partial charge in [-0.2, -0.15) is 0 Å². The van der Waals surface area contributed by atoms with Crippen LogP contribution in [0.4, 0.5) is 0 Å². The summed E-state index contributed by atoms with van der Waals surface area (Å²) in [7, 11) is 1.66. The topological polar surface area (TPSA) is 99.8 Å². The van der Waals surface area contributed by atoms with Gasteiger partial charge in [-0.25, -0.2) is 4.99 Å². The Morgan fingerprint density at radius 3 is 2.75 bits per heavy atom. The second-order valence-electron chi connectivity index (χ2n) is 6.39. The lowest BCUT2D eigenvalue weighted by Gasteiger charge is -2.13. The average molecular weight is 386 g/mol. The van der Waals surface area contributed by atoms with Crippen molar-refractivity contribution in [1.82, 2.24) is 9.88 Å². The van der Waals surface area contributed by atoms with Gasteiger partial charge in [-0.3, -0.25) is 0 Å². The minimum Gasteiger partial charge on any atom is -0.496 e. The van der Waals surface area contributed by atoms with Crippen molar-refractivity contribution in [2.24, 2.45) is 16.5 Å². The first kappa shape index (κ1) is 21.5. The Morgan fingerprint density at radius 2 is 2.11 bits per heavy atom. The lowest BCUT2D eigenvalue weighted by Crippen LogP contribution is -2.36. The van der Waals surface area contributed by atoms with Crippen molar-refractivity contribution >= 4 is 18.2 Å². The summed E-state index contributed by atoms with van der Waals surface area (Å²) < 4.78 is 13.0. The van der Waals surface area contributed by atoms with Gasteiger partial charge < -0.3 is 30.8 Å². The van der Waals surface area contributed by atoms with Crippen LogP contribution in [0.3, 0.4) is 0 Å². The smallest absolute Gasteiger partial charge is 0.152 e. The van der Waals surface area contributed by atoms with E-state index in [0.717, 1.165) is 27.4 Å². The molecule has 152 valence electrons. The molecule has 7 heteroatoms. The van der Waals surface area contributed by atoms with E-state index in [9.17, 15) is 0 Å². The molecule has 0 radical (unpaired) electrons. The summed E-state index contributed by atoms with van der Waals surface area (Å²) in [4.78, 5) is 4.49. The number of aromatic nitrogens is 1. The van der Waals surface area contributed by atoms with Crippen LogP contribution >= 0.6 is 0 Å². The van der Waals surface area contributed by atoms with E-state index in [1.165, 1.54) is 0 Å². The maximum Gasteiger partial charge on any atom is 0.152 e. The highest BCUT2D eigenvalue weighted by Gasteiger charge is 2.09. The maximum atomic E-state index is 5.86. The second-order valence-corrected chi connectivity index (χ2v) is 6.39. The second kappa shape index (κ2) is 10.5. The Hall–Kier alpha value is -2.77. The van der Waals surface area contributed by atoms with Crippen LogP contribution in [0, 0.1) is 0 Å². The van der Waals surface area contributed by atoms with E-state index < -0.39 is 0 Å². The summed E-state index contributed by atoms with van der Waals surface area (Å²) in [5, 5.41) is 5.06. The van der Waals surface area contributed by atoms with E-state index in [1.54, 1.807) is 14.0 Å². The molecule has 0 saturated heterocycles. The van der Waals surface area contributed by atoms with Crippen molar-refractivity contribution in [3.05, 3.63) is 52.2 Å². The van der Waals surface area contributed by atoms with Crippen molar-refractivity contribution in [1.29, 1.82) is 0 Å². The Bertz CT molecular complexity index is 913. The van der Waals surface area contributed by atoms with Crippen molar-refractivity contribution in [3.8, 4) is 5.75 Å². The molecule has 0 spiro atoms. The first-order valence-electron chi connectivity index (χ1n) is 9.36.